The molecule has 12 nitrogen and oxygen atoms in total. The summed E-state index contributed by atoms with van der Waals surface area (Å²) in [6.45, 7) is 11.2. The molecule has 3 heterocycles. The Kier molecular flexibility index (Phi) is 6.85. The van der Waals surface area contributed by atoms with Crippen molar-refractivity contribution >= 4 is 40.1 Å². The summed E-state index contributed by atoms with van der Waals surface area (Å²) in [6.07, 6.45) is 0.886. The number of alkyl carbamates (subject to hydrolysis) is 2. The highest BCUT2D eigenvalue weighted by Crippen LogP contribution is 2.26. The number of nitrogens with zero attached hydrogens (tertiary/aromatic N) is 4. The lowest BCUT2D eigenvalue weighted by Gasteiger charge is -2.23. The number of benzene rings is 1. The molecule has 0 bridgehead atoms. The third kappa shape index (κ3) is 6.57. The van der Waals surface area contributed by atoms with Gasteiger partial charge in [-0.3, -0.25) is 20.2 Å². The molecule has 1 aliphatic heterocycles. The number of hydrazone groups is 1. The summed E-state index contributed by atoms with van der Waals surface area (Å²) in [5, 5.41) is 12.9. The summed E-state index contributed by atoms with van der Waals surface area (Å²) in [4.78, 5) is 45.0. The van der Waals surface area contributed by atoms with Gasteiger partial charge >= 0.3 is 17.9 Å². The summed E-state index contributed by atoms with van der Waals surface area (Å²) in [7, 11) is 0. The first kappa shape index (κ1) is 26.0. The number of carbonyl (C=O) groups is 2. The number of H-pyrrole nitrogens is 1. The predicted molar refractivity (Wildman–Crippen MR) is 139 cm³/mol. The van der Waals surface area contributed by atoms with Crippen molar-refractivity contribution in [2.75, 3.05) is 13.1 Å². The van der Waals surface area contributed by atoms with Crippen LogP contribution in [0.25, 0.3) is 21.9 Å². The van der Waals surface area contributed by atoms with E-state index in [1.165, 1.54) is 0 Å². The minimum atomic E-state index is -0.775. The number of guanidine groups is 1. The molecule has 1 aromatic carbocycles. The van der Waals surface area contributed by atoms with Crippen molar-refractivity contribution in [3.8, 4) is 0 Å². The van der Waals surface area contributed by atoms with Gasteiger partial charge in [0.15, 0.2) is 0 Å². The Morgan fingerprint density at radius 2 is 1.65 bits per heavy atom. The first-order chi connectivity index (χ1) is 17.3. The molecule has 0 aliphatic carbocycles. The Bertz CT molecular complexity index is 1380. The fourth-order valence-corrected chi connectivity index (χ4v) is 4.04. The van der Waals surface area contributed by atoms with E-state index in [1.54, 1.807) is 51.1 Å². The Balaban J connectivity index is 1.55. The molecule has 0 spiro atoms. The van der Waals surface area contributed by atoms with Gasteiger partial charge in [0.05, 0.1) is 12.6 Å². The van der Waals surface area contributed by atoms with E-state index >= 15 is 0 Å². The molecule has 3 aromatic rings. The van der Waals surface area contributed by atoms with E-state index in [9.17, 15) is 14.4 Å². The van der Waals surface area contributed by atoms with Crippen LogP contribution in [0.2, 0.25) is 0 Å². The quantitative estimate of drug-likeness (QED) is 0.353. The molecule has 1 fully saturated rings. The summed E-state index contributed by atoms with van der Waals surface area (Å²) >= 11 is 0. The number of aromatic amines is 1. The maximum absolute atomic E-state index is 12.8. The standard InChI is InChI=1S/C25H33N7O5/c1-24(2,3)36-22(34)28-20(29-23(35)37-25(4,5)6)30-31-12-11-15(13-31)32-14-17-16-9-7-8-10-18(16)26-19(17)27-21(32)33/h7-10,14-15H,11-13H2,1-6H3,(H,26,27,33)(H2,28,29,30,34,35). The zero-order valence-corrected chi connectivity index (χ0v) is 21.9. The number of nitrogens with one attached hydrogen (secondary N) is 3. The van der Waals surface area contributed by atoms with Crippen molar-refractivity contribution in [2.45, 2.75) is 65.2 Å². The molecular formula is C25H33N7O5. The maximum atomic E-state index is 12.8. The van der Waals surface area contributed by atoms with E-state index in [1.807, 2.05) is 30.5 Å². The van der Waals surface area contributed by atoms with E-state index in [0.717, 1.165) is 16.3 Å². The zero-order chi connectivity index (χ0) is 27.0. The molecule has 4 rings (SSSR count). The van der Waals surface area contributed by atoms with Crippen LogP contribution in [-0.2, 0) is 9.47 Å². The van der Waals surface area contributed by atoms with Gasteiger partial charge in [-0.05, 0) is 54.0 Å². The maximum Gasteiger partial charge on any atom is 0.414 e. The monoisotopic (exact) mass is 511 g/mol. The van der Waals surface area contributed by atoms with Gasteiger partial charge in [0, 0.05) is 29.0 Å². The van der Waals surface area contributed by atoms with E-state index in [0.29, 0.717) is 25.2 Å². The number of fused-ring (bicyclic) bond motifs is 3. The molecular weight excluding hydrogens is 478 g/mol. The average Bonchev–Trinajstić information content (AvgIpc) is 3.34. The molecule has 3 N–H and O–H groups in total. The van der Waals surface area contributed by atoms with Gasteiger partial charge in [-0.2, -0.15) is 4.98 Å². The molecule has 1 atom stereocenters. The normalized spacial score (nSPS) is 16.1. The van der Waals surface area contributed by atoms with Crippen molar-refractivity contribution < 1.29 is 19.1 Å². The Morgan fingerprint density at radius 1 is 1.03 bits per heavy atom. The van der Waals surface area contributed by atoms with Crippen LogP contribution in [0.5, 0.6) is 0 Å². The summed E-state index contributed by atoms with van der Waals surface area (Å²) in [5.41, 5.74) is -0.398. The predicted octanol–water partition coefficient (Wildman–Crippen LogP) is 3.45. The Morgan fingerprint density at radius 3 is 2.27 bits per heavy atom. The van der Waals surface area contributed by atoms with Crippen LogP contribution in [0.4, 0.5) is 9.59 Å². The van der Waals surface area contributed by atoms with Crippen molar-refractivity contribution in [2.24, 2.45) is 5.10 Å². The van der Waals surface area contributed by atoms with Gasteiger partial charge < -0.3 is 14.5 Å². The third-order valence-corrected chi connectivity index (χ3v) is 5.44. The van der Waals surface area contributed by atoms with Crippen LogP contribution in [0.15, 0.2) is 40.4 Å². The summed E-state index contributed by atoms with van der Waals surface area (Å²) < 4.78 is 12.2. The first-order valence-corrected chi connectivity index (χ1v) is 12.1. The van der Waals surface area contributed by atoms with Gasteiger partial charge in [0.2, 0.25) is 5.96 Å². The molecule has 2 aromatic heterocycles. The number of ether oxygens (including phenoxy) is 2. The second-order valence-electron chi connectivity index (χ2n) is 10.9. The molecule has 37 heavy (non-hydrogen) atoms. The minimum Gasteiger partial charge on any atom is -0.444 e. The van der Waals surface area contributed by atoms with Gasteiger partial charge in [0.25, 0.3) is 0 Å². The summed E-state index contributed by atoms with van der Waals surface area (Å²) in [6, 6.07) is 7.58. The number of amides is 2. The molecule has 1 aliphatic rings. The van der Waals surface area contributed by atoms with Crippen molar-refractivity contribution in [1.82, 2.24) is 30.2 Å². The second-order valence-corrected chi connectivity index (χ2v) is 10.9. The number of carbonyl (C=O) groups excluding carboxylic acids is 2. The highest BCUT2D eigenvalue weighted by molar-refractivity contribution is 6.05. The van der Waals surface area contributed by atoms with Crippen LogP contribution < -0.4 is 16.3 Å². The number of hydrogen-bond acceptors (Lipinski definition) is 8. The smallest absolute Gasteiger partial charge is 0.414 e. The number of hydrogen-bond donors (Lipinski definition) is 3. The van der Waals surface area contributed by atoms with Crippen molar-refractivity contribution in [3.05, 3.63) is 40.9 Å². The Labute approximate surface area is 214 Å². The van der Waals surface area contributed by atoms with Crippen molar-refractivity contribution in [1.29, 1.82) is 0 Å². The molecule has 2 amide bonds. The van der Waals surface area contributed by atoms with E-state index in [-0.39, 0.29) is 17.7 Å². The number of rotatable bonds is 2. The van der Waals surface area contributed by atoms with Crippen LogP contribution in [-0.4, -0.2) is 62.0 Å². The zero-order valence-electron chi connectivity index (χ0n) is 21.9. The third-order valence-electron chi connectivity index (χ3n) is 5.44. The van der Waals surface area contributed by atoms with E-state index < -0.39 is 23.4 Å². The molecule has 198 valence electrons. The lowest BCUT2D eigenvalue weighted by atomic mass is 10.2. The molecule has 1 unspecified atom stereocenters. The fourth-order valence-electron chi connectivity index (χ4n) is 4.04. The number of aromatic nitrogens is 3. The largest absolute Gasteiger partial charge is 0.444 e. The topological polar surface area (TPSA) is 143 Å². The highest BCUT2D eigenvalue weighted by atomic mass is 16.6. The minimum absolute atomic E-state index is 0.137. The number of para-hydroxylation sites is 1. The van der Waals surface area contributed by atoms with E-state index in [2.05, 4.69) is 25.7 Å². The SMILES string of the molecule is CC(C)(C)OC(=O)NC(=NN1CCC(n2cc3c(nc2=O)[nH]c2ccccc23)C1)NC(=O)OC(C)(C)C. The molecule has 0 saturated carbocycles. The van der Waals surface area contributed by atoms with Crippen LogP contribution in [0, 0.1) is 0 Å². The molecule has 1 saturated heterocycles. The summed E-state index contributed by atoms with van der Waals surface area (Å²) in [5.74, 6) is -0.137. The van der Waals surface area contributed by atoms with Gasteiger partial charge in [-0.15, -0.1) is 5.10 Å². The molecule has 0 radical (unpaired) electrons. The lowest BCUT2D eigenvalue weighted by molar-refractivity contribution is 0.0543. The highest BCUT2D eigenvalue weighted by Gasteiger charge is 2.27. The second kappa shape index (κ2) is 9.75. The fraction of sp³-hybridized carbons (Fsp3) is 0.480. The van der Waals surface area contributed by atoms with Crippen LogP contribution >= 0.6 is 0 Å². The van der Waals surface area contributed by atoms with Crippen molar-refractivity contribution in [3.63, 3.8) is 0 Å². The van der Waals surface area contributed by atoms with Gasteiger partial charge in [0.1, 0.15) is 16.8 Å². The van der Waals surface area contributed by atoms with Gasteiger partial charge in [-0.1, -0.05) is 18.2 Å². The molecule has 12 heteroatoms. The Hall–Kier alpha value is -4.09. The van der Waals surface area contributed by atoms with Crippen LogP contribution in [0.1, 0.15) is 54.0 Å². The van der Waals surface area contributed by atoms with E-state index in [4.69, 9.17) is 9.47 Å². The first-order valence-electron chi connectivity index (χ1n) is 12.1. The van der Waals surface area contributed by atoms with Gasteiger partial charge in [-0.25, -0.2) is 14.4 Å². The lowest BCUT2D eigenvalue weighted by Crippen LogP contribution is -2.48. The van der Waals surface area contributed by atoms with Crippen LogP contribution in [0.3, 0.4) is 0 Å². The average molecular weight is 512 g/mol.